The molecule has 4 aromatic carbocycles. The summed E-state index contributed by atoms with van der Waals surface area (Å²) in [5.41, 5.74) is 0. The molecular formula is C26H6AgBF20NO3-4. The molecule has 0 bridgehead atoms. The fourth-order valence-electron chi connectivity index (χ4n) is 1.98. The Morgan fingerprint density at radius 1 is 0.346 bits per heavy atom. The molecule has 0 amide bonds. The van der Waals surface area contributed by atoms with Crippen LogP contribution in [-0.2, 0) is 22.4 Å². The van der Waals surface area contributed by atoms with Crippen molar-refractivity contribution in [3.8, 4) is 6.07 Å². The number of nitriles is 1. The van der Waals surface area contributed by atoms with Gasteiger partial charge in [-0.1, -0.05) is 0 Å². The summed E-state index contributed by atoms with van der Waals surface area (Å²) < 4.78 is 239. The number of benzene rings is 4. The molecule has 3 N–H and O–H groups in total. The Labute approximate surface area is 291 Å². The fraction of sp³-hybridized carbons (Fsp3) is 0.0385. The van der Waals surface area contributed by atoms with Crippen molar-refractivity contribution in [2.75, 3.05) is 0 Å². The van der Waals surface area contributed by atoms with Gasteiger partial charge in [-0.2, -0.15) is 5.26 Å². The van der Waals surface area contributed by atoms with Crippen LogP contribution in [0.1, 0.15) is 6.92 Å². The zero-order chi connectivity index (χ0) is 40.7. The van der Waals surface area contributed by atoms with Crippen LogP contribution in [0.4, 0.5) is 87.8 Å². The van der Waals surface area contributed by atoms with Crippen LogP contribution in [0.5, 0.6) is 0 Å². The zero-order valence-electron chi connectivity index (χ0n) is 23.7. The van der Waals surface area contributed by atoms with Crippen LogP contribution in [0, 0.1) is 152 Å². The van der Waals surface area contributed by atoms with Crippen LogP contribution in [-0.4, -0.2) is 22.4 Å². The molecule has 0 heterocycles. The van der Waals surface area contributed by atoms with Crippen LogP contribution in [0.25, 0.3) is 0 Å². The molecule has 1 radical (unpaired) electrons. The topological polar surface area (TPSA) is 84.5 Å². The second-order valence-electron chi connectivity index (χ2n) is 7.35. The maximum atomic E-state index is 12.0. The Morgan fingerprint density at radius 3 is 0.500 bits per heavy atom. The van der Waals surface area contributed by atoms with Crippen molar-refractivity contribution in [3.63, 3.8) is 0 Å². The van der Waals surface area contributed by atoms with Crippen LogP contribution < -0.4 is 0 Å². The molecule has 4 aromatic rings. The summed E-state index contributed by atoms with van der Waals surface area (Å²) in [5, 5.41) is 28.8. The van der Waals surface area contributed by atoms with E-state index in [1.165, 1.54) is 6.92 Å². The van der Waals surface area contributed by atoms with Crippen molar-refractivity contribution in [3.05, 3.63) is 141 Å². The molecule has 0 unspecified atom stereocenters. The third kappa shape index (κ3) is 15.9. The Morgan fingerprint density at radius 2 is 0.423 bits per heavy atom. The SMILES string of the molecule is CC#N.Fc1[c-]c(F)c(F)c(F)c1F.Fc1[c-]c(F)c(F)c(F)c1F.Fc1[c-]c(F)c(F)c(F)c1F.Fc1[c-]c(F)c(F)c(F)c1F.OB(O)O.[Ag]. The first-order valence-corrected chi connectivity index (χ1v) is 11.3. The Bertz CT molecular complexity index is 1490. The van der Waals surface area contributed by atoms with Gasteiger partial charge in [-0.25, -0.2) is 52.7 Å². The van der Waals surface area contributed by atoms with Crippen molar-refractivity contribution in [1.29, 1.82) is 5.26 Å². The van der Waals surface area contributed by atoms with Gasteiger partial charge in [-0.05, 0) is 0 Å². The summed E-state index contributed by atoms with van der Waals surface area (Å²) >= 11 is 0. The van der Waals surface area contributed by atoms with Crippen molar-refractivity contribution in [2.45, 2.75) is 6.92 Å². The second kappa shape index (κ2) is 24.0. The van der Waals surface area contributed by atoms with Gasteiger partial charge in [0.1, 0.15) is 0 Å². The maximum Gasteiger partial charge on any atom is 0.631 e. The molecule has 0 aromatic heterocycles. The van der Waals surface area contributed by atoms with Gasteiger partial charge in [0.15, 0.2) is 0 Å². The van der Waals surface area contributed by atoms with E-state index in [0.29, 0.717) is 0 Å². The number of halogens is 20. The molecule has 0 aliphatic carbocycles. The number of rotatable bonds is 0. The molecule has 0 fully saturated rings. The fourth-order valence-corrected chi connectivity index (χ4v) is 1.98. The molecule has 0 saturated heterocycles. The summed E-state index contributed by atoms with van der Waals surface area (Å²) in [5.74, 6) is -40.2. The standard InChI is InChI=1S/4C6F5.C2H3N.Ag.BH3O3/c4*7-2-1-3(8)5(10)6(11)4(2)9;1-2-3;;2-1(3)4/h;;;;1H3;;2-4H/q4*-1;;;. The number of hydrogen-bond donors (Lipinski definition) is 3. The second-order valence-corrected chi connectivity index (χ2v) is 7.35. The minimum Gasteiger partial charge on any atom is -0.402 e. The van der Waals surface area contributed by atoms with Gasteiger partial charge in [0, 0.05) is 29.3 Å². The molecule has 26 heteroatoms. The monoisotopic (exact) mass is 878 g/mol. The normalized spacial score (nSPS) is 9.37. The first kappa shape index (κ1) is 52.0. The summed E-state index contributed by atoms with van der Waals surface area (Å²) in [6, 6.07) is 5.85. The first-order chi connectivity index (χ1) is 23.3. The van der Waals surface area contributed by atoms with Gasteiger partial charge in [0.25, 0.3) is 0 Å². The van der Waals surface area contributed by atoms with E-state index in [0.717, 1.165) is 24.3 Å². The molecule has 0 spiro atoms. The zero-order valence-corrected chi connectivity index (χ0v) is 25.2. The quantitative estimate of drug-likeness (QED) is 0.0574. The Hall–Kier alpha value is -4.34. The van der Waals surface area contributed by atoms with E-state index in [-0.39, 0.29) is 22.4 Å². The first-order valence-electron chi connectivity index (χ1n) is 11.3. The van der Waals surface area contributed by atoms with Crippen LogP contribution >= 0.6 is 0 Å². The summed E-state index contributed by atoms with van der Waals surface area (Å²) in [6.45, 7) is 1.43. The predicted octanol–water partition coefficient (Wildman–Crippen LogP) is 7.20. The summed E-state index contributed by atoms with van der Waals surface area (Å²) in [4.78, 5) is 0. The van der Waals surface area contributed by atoms with Crippen molar-refractivity contribution < 1.29 is 125 Å². The molecule has 4 nitrogen and oxygen atoms in total. The van der Waals surface area contributed by atoms with Crippen LogP contribution in [0.2, 0.25) is 0 Å². The van der Waals surface area contributed by atoms with Crippen LogP contribution in [0.3, 0.4) is 0 Å². The molecule has 0 aliphatic heterocycles. The minimum absolute atomic E-state index is 0. The smallest absolute Gasteiger partial charge is 0.402 e. The summed E-state index contributed by atoms with van der Waals surface area (Å²) in [7, 11) is -2.17. The van der Waals surface area contributed by atoms with Crippen molar-refractivity contribution >= 4 is 7.32 Å². The molecule has 0 saturated carbocycles. The largest absolute Gasteiger partial charge is 0.631 e. The molecule has 52 heavy (non-hydrogen) atoms. The number of hydrogen-bond acceptors (Lipinski definition) is 4. The van der Waals surface area contributed by atoms with Gasteiger partial charge >= 0.3 is 7.32 Å². The third-order valence-corrected chi connectivity index (χ3v) is 3.96. The van der Waals surface area contributed by atoms with Crippen molar-refractivity contribution in [1.82, 2.24) is 0 Å². The molecule has 0 aliphatic rings. The van der Waals surface area contributed by atoms with Gasteiger partial charge < -0.3 is 15.1 Å². The Balaban J connectivity index is -0.000000576. The molecule has 291 valence electrons. The minimum atomic E-state index is -2.17. The van der Waals surface area contributed by atoms with E-state index in [9.17, 15) is 87.8 Å². The van der Waals surface area contributed by atoms with E-state index >= 15 is 0 Å². The van der Waals surface area contributed by atoms with Gasteiger partial charge in [-0.15, -0.1) is 24.3 Å². The average Bonchev–Trinajstić information content (AvgIpc) is 3.05. The predicted molar refractivity (Wildman–Crippen MR) is 124 cm³/mol. The molecule has 0 atom stereocenters. The van der Waals surface area contributed by atoms with Gasteiger partial charge in [-0.3, -0.25) is 35.1 Å². The van der Waals surface area contributed by atoms with E-state index in [4.69, 9.17) is 20.3 Å². The van der Waals surface area contributed by atoms with Gasteiger partial charge in [0.2, 0.25) is 0 Å². The van der Waals surface area contributed by atoms with E-state index < -0.39 is 124 Å². The number of nitrogens with zero attached hydrogens (tertiary/aromatic N) is 1. The van der Waals surface area contributed by atoms with E-state index in [1.54, 1.807) is 6.07 Å². The van der Waals surface area contributed by atoms with E-state index in [1.807, 2.05) is 0 Å². The summed E-state index contributed by atoms with van der Waals surface area (Å²) in [6.07, 6.45) is 0. The molecular weight excluding hydrogens is 873 g/mol. The van der Waals surface area contributed by atoms with E-state index in [2.05, 4.69) is 0 Å². The van der Waals surface area contributed by atoms with Crippen molar-refractivity contribution in [2.24, 2.45) is 0 Å². The average molecular weight is 879 g/mol. The third-order valence-electron chi connectivity index (χ3n) is 3.96. The molecule has 4 rings (SSSR count). The van der Waals surface area contributed by atoms with Crippen LogP contribution in [0.15, 0.2) is 0 Å². The Kier molecular flexibility index (Phi) is 24.0. The maximum absolute atomic E-state index is 12.0. The van der Waals surface area contributed by atoms with Gasteiger partial charge in [0.05, 0.1) is 122 Å².